The van der Waals surface area contributed by atoms with E-state index in [2.05, 4.69) is 30.3 Å². The van der Waals surface area contributed by atoms with Crippen molar-refractivity contribution in [2.45, 2.75) is 25.5 Å². The second-order valence-corrected chi connectivity index (χ2v) is 3.71. The minimum absolute atomic E-state index is 0.761. The standard InChI is InChI=1S/C9H17NS/c1-4-5-7-10-8-6-9(2)11-3/h9-10H,6-8H2,1-3H3. The first kappa shape index (κ1) is 10.9. The highest BCUT2D eigenvalue weighted by molar-refractivity contribution is 7.99. The highest BCUT2D eigenvalue weighted by Gasteiger charge is 1.96. The van der Waals surface area contributed by atoms with E-state index in [1.54, 1.807) is 0 Å². The van der Waals surface area contributed by atoms with Crippen LogP contribution >= 0.6 is 11.8 Å². The van der Waals surface area contributed by atoms with Crippen LogP contribution in [0.1, 0.15) is 20.3 Å². The smallest absolute Gasteiger partial charge is 0.0576 e. The third-order valence-electron chi connectivity index (χ3n) is 1.52. The molecule has 0 heterocycles. The van der Waals surface area contributed by atoms with Gasteiger partial charge in [-0.1, -0.05) is 12.8 Å². The van der Waals surface area contributed by atoms with Crippen molar-refractivity contribution in [1.29, 1.82) is 0 Å². The molecule has 64 valence electrons. The van der Waals surface area contributed by atoms with E-state index in [1.807, 2.05) is 18.7 Å². The van der Waals surface area contributed by atoms with Crippen LogP contribution in [-0.2, 0) is 0 Å². The molecular formula is C9H17NS. The minimum atomic E-state index is 0.761. The van der Waals surface area contributed by atoms with Crippen LogP contribution in [0.4, 0.5) is 0 Å². The molecule has 0 saturated carbocycles. The molecule has 0 radical (unpaired) electrons. The molecule has 11 heavy (non-hydrogen) atoms. The van der Waals surface area contributed by atoms with Crippen LogP contribution in [0.15, 0.2) is 0 Å². The summed E-state index contributed by atoms with van der Waals surface area (Å²) in [5, 5.41) is 4.03. The Morgan fingerprint density at radius 1 is 1.55 bits per heavy atom. The van der Waals surface area contributed by atoms with Gasteiger partial charge in [0.15, 0.2) is 0 Å². The van der Waals surface area contributed by atoms with E-state index in [1.165, 1.54) is 6.42 Å². The fourth-order valence-electron chi connectivity index (χ4n) is 0.662. The second-order valence-electron chi connectivity index (χ2n) is 2.44. The highest BCUT2D eigenvalue weighted by atomic mass is 32.2. The average molecular weight is 171 g/mol. The summed E-state index contributed by atoms with van der Waals surface area (Å²) in [6.07, 6.45) is 3.38. The molecule has 0 bridgehead atoms. The second kappa shape index (κ2) is 7.97. The van der Waals surface area contributed by atoms with Crippen LogP contribution in [-0.4, -0.2) is 24.6 Å². The molecule has 0 saturated heterocycles. The molecule has 0 aliphatic rings. The fourth-order valence-corrected chi connectivity index (χ4v) is 1.02. The first-order valence-corrected chi connectivity index (χ1v) is 5.23. The maximum absolute atomic E-state index is 3.26. The van der Waals surface area contributed by atoms with E-state index < -0.39 is 0 Å². The monoisotopic (exact) mass is 171 g/mol. The number of thioether (sulfide) groups is 1. The van der Waals surface area contributed by atoms with Crippen LogP contribution in [0, 0.1) is 11.8 Å². The Kier molecular flexibility index (Phi) is 7.88. The molecule has 0 aliphatic carbocycles. The summed E-state index contributed by atoms with van der Waals surface area (Å²) in [6.45, 7) is 6.03. The van der Waals surface area contributed by atoms with Crippen molar-refractivity contribution in [2.24, 2.45) is 0 Å². The molecule has 0 aromatic heterocycles. The third kappa shape index (κ3) is 7.77. The maximum Gasteiger partial charge on any atom is 0.0576 e. The van der Waals surface area contributed by atoms with Crippen molar-refractivity contribution in [2.75, 3.05) is 19.3 Å². The van der Waals surface area contributed by atoms with Gasteiger partial charge >= 0.3 is 0 Å². The van der Waals surface area contributed by atoms with Gasteiger partial charge in [0.05, 0.1) is 6.54 Å². The van der Waals surface area contributed by atoms with Crippen LogP contribution in [0.2, 0.25) is 0 Å². The van der Waals surface area contributed by atoms with E-state index in [0.717, 1.165) is 18.3 Å². The molecule has 0 aromatic carbocycles. The van der Waals surface area contributed by atoms with E-state index in [-0.39, 0.29) is 0 Å². The number of hydrogen-bond donors (Lipinski definition) is 1. The lowest BCUT2D eigenvalue weighted by atomic mass is 10.3. The lowest BCUT2D eigenvalue weighted by Crippen LogP contribution is -2.18. The molecule has 0 aliphatic heterocycles. The van der Waals surface area contributed by atoms with Crippen LogP contribution in [0.25, 0.3) is 0 Å². The summed E-state index contributed by atoms with van der Waals surface area (Å²) < 4.78 is 0. The summed E-state index contributed by atoms with van der Waals surface area (Å²) in [5.41, 5.74) is 0. The van der Waals surface area contributed by atoms with Gasteiger partial charge in [-0.2, -0.15) is 11.8 Å². The molecule has 0 fully saturated rings. The van der Waals surface area contributed by atoms with Gasteiger partial charge in [0, 0.05) is 5.25 Å². The summed E-state index contributed by atoms with van der Waals surface area (Å²) >= 11 is 1.91. The molecule has 1 unspecified atom stereocenters. The molecule has 0 spiro atoms. The number of hydrogen-bond acceptors (Lipinski definition) is 2. The Labute approximate surface area is 74.3 Å². The lowest BCUT2D eigenvalue weighted by Gasteiger charge is -2.06. The fraction of sp³-hybridized carbons (Fsp3) is 0.778. The Hall–Kier alpha value is -0.130. The Bertz CT molecular complexity index is 134. The van der Waals surface area contributed by atoms with E-state index in [9.17, 15) is 0 Å². The molecule has 1 nitrogen and oxygen atoms in total. The van der Waals surface area contributed by atoms with Crippen molar-refractivity contribution < 1.29 is 0 Å². The normalized spacial score (nSPS) is 11.9. The molecule has 1 N–H and O–H groups in total. The number of rotatable bonds is 5. The van der Waals surface area contributed by atoms with Gasteiger partial charge in [-0.05, 0) is 26.1 Å². The van der Waals surface area contributed by atoms with E-state index in [0.29, 0.717) is 0 Å². The highest BCUT2D eigenvalue weighted by Crippen LogP contribution is 2.07. The molecule has 0 rings (SSSR count). The molecule has 1 atom stereocenters. The van der Waals surface area contributed by atoms with Gasteiger partial charge in [0.1, 0.15) is 0 Å². The Balaban J connectivity index is 3.05. The predicted molar refractivity (Wildman–Crippen MR) is 53.9 cm³/mol. The molecular weight excluding hydrogens is 154 g/mol. The van der Waals surface area contributed by atoms with Crippen molar-refractivity contribution in [3.8, 4) is 11.8 Å². The Morgan fingerprint density at radius 3 is 2.82 bits per heavy atom. The van der Waals surface area contributed by atoms with Crippen LogP contribution < -0.4 is 5.32 Å². The molecule has 0 aromatic rings. The van der Waals surface area contributed by atoms with Crippen molar-refractivity contribution >= 4 is 11.8 Å². The Morgan fingerprint density at radius 2 is 2.27 bits per heavy atom. The summed E-state index contributed by atoms with van der Waals surface area (Å²) in [6, 6.07) is 0. The zero-order chi connectivity index (χ0) is 8.53. The first-order valence-electron chi connectivity index (χ1n) is 3.94. The van der Waals surface area contributed by atoms with Crippen molar-refractivity contribution in [3.63, 3.8) is 0 Å². The number of nitrogens with one attached hydrogen (secondary N) is 1. The zero-order valence-electron chi connectivity index (χ0n) is 7.61. The quantitative estimate of drug-likeness (QED) is 0.499. The summed E-state index contributed by atoms with van der Waals surface area (Å²) in [5.74, 6) is 5.82. The molecule has 0 amide bonds. The SMILES string of the molecule is CC#CCNCCC(C)SC. The van der Waals surface area contributed by atoms with E-state index in [4.69, 9.17) is 0 Å². The van der Waals surface area contributed by atoms with Gasteiger partial charge in [0.25, 0.3) is 0 Å². The maximum atomic E-state index is 3.26. The summed E-state index contributed by atoms with van der Waals surface area (Å²) in [4.78, 5) is 0. The van der Waals surface area contributed by atoms with E-state index >= 15 is 0 Å². The molecule has 2 heteroatoms. The van der Waals surface area contributed by atoms with Crippen LogP contribution in [0.5, 0.6) is 0 Å². The van der Waals surface area contributed by atoms with Crippen molar-refractivity contribution in [1.82, 2.24) is 5.32 Å². The lowest BCUT2D eigenvalue weighted by molar-refractivity contribution is 0.696. The summed E-state index contributed by atoms with van der Waals surface area (Å²) in [7, 11) is 0. The average Bonchev–Trinajstić information content (AvgIpc) is 2.04. The predicted octanol–water partition coefficient (Wildman–Crippen LogP) is 1.74. The van der Waals surface area contributed by atoms with Gasteiger partial charge in [-0.25, -0.2) is 0 Å². The van der Waals surface area contributed by atoms with Crippen LogP contribution in [0.3, 0.4) is 0 Å². The van der Waals surface area contributed by atoms with Gasteiger partial charge in [-0.15, -0.1) is 5.92 Å². The van der Waals surface area contributed by atoms with Gasteiger partial charge < -0.3 is 5.32 Å². The van der Waals surface area contributed by atoms with Gasteiger partial charge in [0.2, 0.25) is 0 Å². The van der Waals surface area contributed by atoms with Gasteiger partial charge in [-0.3, -0.25) is 0 Å². The first-order chi connectivity index (χ1) is 5.31. The third-order valence-corrected chi connectivity index (χ3v) is 2.56. The zero-order valence-corrected chi connectivity index (χ0v) is 8.42. The topological polar surface area (TPSA) is 12.0 Å². The van der Waals surface area contributed by atoms with Crippen molar-refractivity contribution in [3.05, 3.63) is 0 Å². The largest absolute Gasteiger partial charge is 0.306 e. The minimum Gasteiger partial charge on any atom is -0.306 e.